The molecule has 13 N–H and O–H groups in total. The Hall–Kier alpha value is 0.290. The van der Waals surface area contributed by atoms with E-state index in [0.29, 0.717) is 36.5 Å². The highest BCUT2D eigenvalue weighted by atomic mass is 32.2. The lowest BCUT2D eigenvalue weighted by Crippen LogP contribution is -2.57. The van der Waals surface area contributed by atoms with Gasteiger partial charge in [-0.25, -0.2) is 0 Å². The molecule has 0 unspecified atom stereocenters. The molecule has 3 saturated heterocycles. The number of thioether (sulfide) groups is 3. The number of hydrogen-bond donors (Lipinski definition) is 13. The van der Waals surface area contributed by atoms with Gasteiger partial charge in [0.15, 0.2) is 0 Å². The summed E-state index contributed by atoms with van der Waals surface area (Å²) < 4.78 is 34.3. The zero-order valence-corrected chi connectivity index (χ0v) is 32.4. The molecule has 0 amide bonds. The second-order valence-electron chi connectivity index (χ2n) is 13.6. The Bertz CT molecular complexity index is 890. The molecule has 0 aliphatic carbocycles. The lowest BCUT2D eigenvalue weighted by atomic mass is 9.92. The smallest absolute Gasteiger partial charge is 0.132 e. The number of rotatable bonds is 25. The molecule has 22 heteroatoms. The van der Waals surface area contributed by atoms with Crippen molar-refractivity contribution in [2.45, 2.75) is 109 Å². The van der Waals surface area contributed by atoms with Gasteiger partial charge >= 0.3 is 0 Å². The van der Waals surface area contributed by atoms with Gasteiger partial charge in [-0.1, -0.05) is 0 Å². The van der Waals surface area contributed by atoms with Crippen LogP contribution >= 0.6 is 35.3 Å². The molecule has 0 aromatic rings. The van der Waals surface area contributed by atoms with Crippen molar-refractivity contribution >= 4 is 35.3 Å². The molecule has 3 fully saturated rings. The molecule has 3 aliphatic heterocycles. The fourth-order valence-corrected chi connectivity index (χ4v) is 9.11. The van der Waals surface area contributed by atoms with Crippen LogP contribution in [0.5, 0.6) is 0 Å². The fourth-order valence-electron chi connectivity index (χ4n) is 5.82. The monoisotopic (exact) mass is 844 g/mol. The minimum Gasteiger partial charge on any atom is -0.396 e. The van der Waals surface area contributed by atoms with E-state index < -0.39 is 115 Å². The Labute approximate surface area is 326 Å². The summed E-state index contributed by atoms with van der Waals surface area (Å²) in [5.74, 6) is 1.33. The third-order valence-corrected chi connectivity index (χ3v) is 13.0. The van der Waals surface area contributed by atoms with Crippen molar-refractivity contribution in [3.8, 4) is 0 Å². The molecule has 54 heavy (non-hydrogen) atoms. The average Bonchev–Trinajstić information content (AvgIpc) is 3.17. The van der Waals surface area contributed by atoms with Gasteiger partial charge in [0.05, 0.1) is 51.7 Å². The summed E-state index contributed by atoms with van der Waals surface area (Å²) in [6, 6.07) is 0. The van der Waals surface area contributed by atoms with Crippen LogP contribution in [0.3, 0.4) is 0 Å². The third-order valence-electron chi connectivity index (χ3n) is 9.25. The van der Waals surface area contributed by atoms with E-state index in [1.54, 1.807) is 0 Å². The molecule has 0 aromatic heterocycles. The lowest BCUT2D eigenvalue weighted by Gasteiger charge is -2.39. The summed E-state index contributed by atoms with van der Waals surface area (Å²) in [6.45, 7) is -1.03. The molecule has 0 spiro atoms. The first kappa shape index (κ1) is 48.7. The number of ether oxygens (including phenoxy) is 6. The van der Waals surface area contributed by atoms with Crippen LogP contribution < -0.4 is 0 Å². The van der Waals surface area contributed by atoms with E-state index >= 15 is 0 Å². The molecule has 0 radical (unpaired) electrons. The quantitative estimate of drug-likeness (QED) is 0.0382. The summed E-state index contributed by atoms with van der Waals surface area (Å²) in [5.41, 5.74) is -3.57. The first-order chi connectivity index (χ1) is 25.8. The fraction of sp³-hybridized carbons (Fsp3) is 1.00. The molecular weight excluding hydrogens is 785 g/mol. The van der Waals surface area contributed by atoms with E-state index in [0.717, 1.165) is 0 Å². The van der Waals surface area contributed by atoms with Crippen molar-refractivity contribution in [2.24, 2.45) is 5.41 Å². The molecule has 320 valence electrons. The van der Waals surface area contributed by atoms with Gasteiger partial charge in [0.1, 0.15) is 89.6 Å². The molecule has 15 atom stereocenters. The normalized spacial score (nSPS) is 37.8. The van der Waals surface area contributed by atoms with Crippen LogP contribution in [0.2, 0.25) is 0 Å². The van der Waals surface area contributed by atoms with Crippen LogP contribution in [0.25, 0.3) is 0 Å². The van der Waals surface area contributed by atoms with E-state index in [2.05, 4.69) is 0 Å². The summed E-state index contributed by atoms with van der Waals surface area (Å²) in [4.78, 5) is 0. The second-order valence-corrected chi connectivity index (χ2v) is 17.2. The maximum absolute atomic E-state index is 10.5. The molecule has 0 bridgehead atoms. The lowest BCUT2D eigenvalue weighted by molar-refractivity contribution is -0.205. The van der Waals surface area contributed by atoms with Crippen molar-refractivity contribution < 1.29 is 94.8 Å². The minimum atomic E-state index is -1.47. The number of aliphatic hydroxyl groups excluding tert-OH is 13. The Morgan fingerprint density at radius 3 is 0.926 bits per heavy atom. The Morgan fingerprint density at radius 2 is 0.685 bits per heavy atom. The standard InChI is InChI=1S/C32H60O19S3/c33-10-17-20(37)23(40)26(43)29(49-17)52-7-1-4-46-14-32(13-36,15-47-5-2-8-53-30-27(44)24(41)21(38)18(11-34)50-30)16-48-6-3-9-54-31-28(45)25(42)22(39)19(12-35)51-31/h17-31,33-45H,1-16H2/t17-,18-,19-,20-,21-,22-,23+,24+,25+,26-,27-,28+,29+,30+,31-/m1/s1. The zero-order chi connectivity index (χ0) is 39.8. The van der Waals surface area contributed by atoms with Crippen LogP contribution in [-0.4, -0.2) is 239 Å². The number of hydrogen-bond acceptors (Lipinski definition) is 22. The molecular formula is C32H60O19S3. The van der Waals surface area contributed by atoms with Crippen molar-refractivity contribution in [2.75, 3.05) is 83.3 Å². The Balaban J connectivity index is 1.45. The second kappa shape index (κ2) is 25.0. The summed E-state index contributed by atoms with van der Waals surface area (Å²) in [5, 5.41) is 129. The van der Waals surface area contributed by atoms with Gasteiger partial charge in [-0.15, -0.1) is 35.3 Å². The zero-order valence-electron chi connectivity index (χ0n) is 30.0. The maximum atomic E-state index is 10.5. The van der Waals surface area contributed by atoms with Crippen LogP contribution in [0.15, 0.2) is 0 Å². The molecule has 3 aliphatic rings. The highest BCUT2D eigenvalue weighted by Gasteiger charge is 2.45. The van der Waals surface area contributed by atoms with E-state index in [-0.39, 0.29) is 46.2 Å². The van der Waals surface area contributed by atoms with Crippen molar-refractivity contribution in [3.05, 3.63) is 0 Å². The van der Waals surface area contributed by atoms with Crippen LogP contribution in [-0.2, 0) is 28.4 Å². The highest BCUT2D eigenvalue weighted by Crippen LogP contribution is 2.31. The minimum absolute atomic E-state index is 0.0491. The summed E-state index contributed by atoms with van der Waals surface area (Å²) >= 11 is 3.59. The van der Waals surface area contributed by atoms with Gasteiger partial charge in [-0.05, 0) is 36.5 Å². The predicted octanol–water partition coefficient (Wildman–Crippen LogP) is -5.22. The van der Waals surface area contributed by atoms with Crippen molar-refractivity contribution in [3.63, 3.8) is 0 Å². The van der Waals surface area contributed by atoms with Gasteiger partial charge < -0.3 is 94.8 Å². The van der Waals surface area contributed by atoms with Gasteiger partial charge in [0.2, 0.25) is 0 Å². The average molecular weight is 845 g/mol. The number of aliphatic hydroxyl groups is 13. The first-order valence-electron chi connectivity index (χ1n) is 17.9. The van der Waals surface area contributed by atoms with Crippen molar-refractivity contribution in [1.29, 1.82) is 0 Å². The van der Waals surface area contributed by atoms with Gasteiger partial charge in [0, 0.05) is 19.8 Å². The molecule has 19 nitrogen and oxygen atoms in total. The summed E-state index contributed by atoms with van der Waals surface area (Å²) in [6.07, 6.45) is -14.3. The molecule has 0 aromatic carbocycles. The van der Waals surface area contributed by atoms with E-state index in [1.165, 1.54) is 35.3 Å². The highest BCUT2D eigenvalue weighted by molar-refractivity contribution is 8.00. The maximum Gasteiger partial charge on any atom is 0.132 e. The van der Waals surface area contributed by atoms with Crippen LogP contribution in [0.4, 0.5) is 0 Å². The van der Waals surface area contributed by atoms with Gasteiger partial charge in [-0.3, -0.25) is 0 Å². The Kier molecular flexibility index (Phi) is 22.6. The van der Waals surface area contributed by atoms with Crippen molar-refractivity contribution in [1.82, 2.24) is 0 Å². The van der Waals surface area contributed by atoms with Crippen LogP contribution in [0, 0.1) is 5.41 Å². The third kappa shape index (κ3) is 14.0. The predicted molar refractivity (Wildman–Crippen MR) is 195 cm³/mol. The van der Waals surface area contributed by atoms with Crippen LogP contribution in [0.1, 0.15) is 19.3 Å². The largest absolute Gasteiger partial charge is 0.396 e. The molecule has 3 heterocycles. The Morgan fingerprint density at radius 1 is 0.407 bits per heavy atom. The topological polar surface area (TPSA) is 318 Å². The SMILES string of the molecule is OC[C@H]1O[C@@H](SCCCOCC(CO)(COCCCS[C@H]2O[C@H](CO)[C@@H](O)[C@H](O)[C@@H]2O)COCCCS[C@@H]2O[C@H](CO)[C@@H](O)[C@H](O)[C@H]2O)[C@H](O)[C@@H](O)[C@@H]1O. The molecule has 3 rings (SSSR count). The van der Waals surface area contributed by atoms with E-state index in [4.69, 9.17) is 28.4 Å². The van der Waals surface area contributed by atoms with E-state index in [9.17, 15) is 66.4 Å². The van der Waals surface area contributed by atoms with Gasteiger partial charge in [0.25, 0.3) is 0 Å². The van der Waals surface area contributed by atoms with Gasteiger partial charge in [-0.2, -0.15) is 0 Å². The summed E-state index contributed by atoms with van der Waals surface area (Å²) in [7, 11) is 0. The van der Waals surface area contributed by atoms with E-state index in [1.807, 2.05) is 0 Å². The first-order valence-corrected chi connectivity index (χ1v) is 21.1. The molecule has 0 saturated carbocycles.